The molecule has 9 heteroatoms. The second-order valence-electron chi connectivity index (χ2n) is 9.08. The molecule has 0 aromatic heterocycles. The zero-order valence-corrected chi connectivity index (χ0v) is 20.9. The number of nitrogens with zero attached hydrogens (tertiary/aromatic N) is 2. The van der Waals surface area contributed by atoms with Crippen LogP contribution in [0.5, 0.6) is 0 Å². The van der Waals surface area contributed by atoms with Crippen LogP contribution < -0.4 is 15.5 Å². The number of Topliss-reactive ketones (excluding diaryl/α,β-unsaturated/α-hetero) is 1. The molecular formula is C28H27N3O6. The fraction of sp³-hybridized carbons (Fsp3) is 0.286. The summed E-state index contributed by atoms with van der Waals surface area (Å²) in [7, 11) is 2.84. The zero-order chi connectivity index (χ0) is 26.5. The van der Waals surface area contributed by atoms with Gasteiger partial charge in [-0.25, -0.2) is 9.59 Å². The number of esters is 2. The summed E-state index contributed by atoms with van der Waals surface area (Å²) in [4.78, 5) is 56.5. The van der Waals surface area contributed by atoms with E-state index < -0.39 is 23.3 Å². The van der Waals surface area contributed by atoms with Gasteiger partial charge in [0.15, 0.2) is 5.78 Å². The zero-order valence-electron chi connectivity index (χ0n) is 20.9. The molecule has 2 aromatic carbocycles. The number of para-hydroxylation sites is 1. The number of likely N-dealkylation sites (N-methyl/N-ethyl adjacent to an activating group) is 1. The lowest BCUT2D eigenvalue weighted by molar-refractivity contribution is -0.138. The van der Waals surface area contributed by atoms with Gasteiger partial charge in [-0.3, -0.25) is 14.5 Å². The van der Waals surface area contributed by atoms with Crippen molar-refractivity contribution < 1.29 is 28.7 Å². The van der Waals surface area contributed by atoms with Crippen molar-refractivity contribution in [2.75, 3.05) is 30.6 Å². The van der Waals surface area contributed by atoms with Crippen LogP contribution in [0.2, 0.25) is 0 Å². The van der Waals surface area contributed by atoms with Gasteiger partial charge in [-0.15, -0.1) is 0 Å². The molecule has 0 saturated heterocycles. The SMILES string of the molecule is CCOC(=O)c1ccc(N2C(N)=C(C(=O)OC)C3(C(=O)N(C)c4ccccc43)C3=C2CCCC3=O)cc1. The minimum Gasteiger partial charge on any atom is -0.466 e. The lowest BCUT2D eigenvalue weighted by Gasteiger charge is -2.44. The van der Waals surface area contributed by atoms with E-state index in [1.807, 2.05) is 0 Å². The van der Waals surface area contributed by atoms with Crippen LogP contribution in [-0.2, 0) is 29.3 Å². The number of nitrogens with two attached hydrogens (primary N) is 1. The minimum absolute atomic E-state index is 0.00244. The molecule has 0 radical (unpaired) electrons. The Kier molecular flexibility index (Phi) is 5.86. The van der Waals surface area contributed by atoms with Crippen LogP contribution in [0.25, 0.3) is 0 Å². The number of hydrogen-bond acceptors (Lipinski definition) is 8. The fourth-order valence-electron chi connectivity index (χ4n) is 5.71. The molecule has 37 heavy (non-hydrogen) atoms. The van der Waals surface area contributed by atoms with Crippen molar-refractivity contribution >= 4 is 35.0 Å². The fourth-order valence-corrected chi connectivity index (χ4v) is 5.71. The number of ketones is 1. The molecule has 2 N–H and O–H groups in total. The number of carbonyl (C=O) groups is 4. The van der Waals surface area contributed by atoms with Crippen molar-refractivity contribution in [2.24, 2.45) is 5.73 Å². The predicted octanol–water partition coefficient (Wildman–Crippen LogP) is 2.95. The minimum atomic E-state index is -1.71. The molecule has 190 valence electrons. The average molecular weight is 502 g/mol. The Bertz CT molecular complexity index is 1410. The average Bonchev–Trinajstić information content (AvgIpc) is 3.11. The number of amides is 1. The second kappa shape index (κ2) is 8.92. The summed E-state index contributed by atoms with van der Waals surface area (Å²) in [6.45, 7) is 1.97. The molecule has 2 aromatic rings. The Hall–Kier alpha value is -4.40. The lowest BCUT2D eigenvalue weighted by Crippen LogP contribution is -2.54. The Morgan fingerprint density at radius 2 is 1.73 bits per heavy atom. The molecule has 1 atom stereocenters. The first kappa shape index (κ1) is 24.3. The van der Waals surface area contributed by atoms with Crippen molar-refractivity contribution in [2.45, 2.75) is 31.6 Å². The molecule has 2 aliphatic heterocycles. The van der Waals surface area contributed by atoms with Gasteiger partial charge in [0.2, 0.25) is 5.91 Å². The Morgan fingerprint density at radius 1 is 1.03 bits per heavy atom. The third kappa shape index (κ3) is 3.30. The standard InChI is InChI=1S/C28H27N3O6/c1-4-37-25(33)16-12-14-17(15-13-16)31-20-10-7-11-21(32)22(20)28(23(24(31)29)26(34)36-3)18-8-5-6-9-19(18)30(2)27(28)35/h5-6,8-9,12-15H,4,7,10-11,29H2,1-3H3. The lowest BCUT2D eigenvalue weighted by atomic mass is 9.63. The second-order valence-corrected chi connectivity index (χ2v) is 9.08. The summed E-state index contributed by atoms with van der Waals surface area (Å²) in [5, 5.41) is 0. The van der Waals surface area contributed by atoms with Crippen LogP contribution in [0.15, 0.2) is 71.2 Å². The van der Waals surface area contributed by atoms with Crippen LogP contribution >= 0.6 is 0 Å². The quantitative estimate of drug-likeness (QED) is 0.635. The molecule has 0 saturated carbocycles. The highest BCUT2D eigenvalue weighted by atomic mass is 16.5. The van der Waals surface area contributed by atoms with Crippen LogP contribution in [0.3, 0.4) is 0 Å². The molecule has 5 rings (SSSR count). The van der Waals surface area contributed by atoms with E-state index in [9.17, 15) is 19.2 Å². The number of hydrogen-bond donors (Lipinski definition) is 1. The monoisotopic (exact) mass is 501 g/mol. The summed E-state index contributed by atoms with van der Waals surface area (Å²) in [6.07, 6.45) is 1.28. The number of fused-ring (bicyclic) bond motifs is 3. The summed E-state index contributed by atoms with van der Waals surface area (Å²) in [6, 6.07) is 13.6. The highest BCUT2D eigenvalue weighted by molar-refractivity contribution is 6.24. The van der Waals surface area contributed by atoms with Crippen LogP contribution in [0.4, 0.5) is 11.4 Å². The number of carbonyl (C=O) groups excluding carboxylic acids is 4. The van der Waals surface area contributed by atoms with Gasteiger partial charge >= 0.3 is 11.9 Å². The van der Waals surface area contributed by atoms with Gasteiger partial charge in [-0.2, -0.15) is 0 Å². The third-order valence-electron chi connectivity index (χ3n) is 7.22. The van der Waals surface area contributed by atoms with Crippen LogP contribution in [0.1, 0.15) is 42.1 Å². The van der Waals surface area contributed by atoms with E-state index >= 15 is 0 Å². The van der Waals surface area contributed by atoms with Gasteiger partial charge in [-0.1, -0.05) is 18.2 Å². The highest BCUT2D eigenvalue weighted by Gasteiger charge is 2.63. The first-order valence-electron chi connectivity index (χ1n) is 12.1. The Balaban J connectivity index is 1.80. The van der Waals surface area contributed by atoms with Gasteiger partial charge < -0.3 is 20.1 Å². The van der Waals surface area contributed by atoms with Crippen LogP contribution in [-0.4, -0.2) is 44.4 Å². The third-order valence-corrected chi connectivity index (χ3v) is 7.22. The largest absolute Gasteiger partial charge is 0.466 e. The first-order chi connectivity index (χ1) is 17.8. The smallest absolute Gasteiger partial charge is 0.339 e. The number of rotatable bonds is 4. The molecule has 1 aliphatic carbocycles. The summed E-state index contributed by atoms with van der Waals surface area (Å²) in [5.41, 5.74) is 7.74. The maximum absolute atomic E-state index is 14.1. The van der Waals surface area contributed by atoms with Gasteiger partial charge in [0.1, 0.15) is 16.8 Å². The number of allylic oxidation sites excluding steroid dienone is 1. The van der Waals surface area contributed by atoms with E-state index in [0.29, 0.717) is 41.0 Å². The van der Waals surface area contributed by atoms with E-state index in [-0.39, 0.29) is 35.8 Å². The van der Waals surface area contributed by atoms with E-state index in [1.54, 1.807) is 67.4 Å². The maximum Gasteiger partial charge on any atom is 0.339 e. The van der Waals surface area contributed by atoms with E-state index in [0.717, 1.165) is 0 Å². The van der Waals surface area contributed by atoms with Crippen molar-refractivity contribution in [3.05, 3.63) is 82.3 Å². The molecule has 3 aliphatic rings. The van der Waals surface area contributed by atoms with Crippen molar-refractivity contribution in [3.63, 3.8) is 0 Å². The summed E-state index contributed by atoms with van der Waals surface area (Å²) in [5.74, 6) is -1.91. The number of anilines is 2. The summed E-state index contributed by atoms with van der Waals surface area (Å²) >= 11 is 0. The number of methoxy groups -OCH3 is 1. The van der Waals surface area contributed by atoms with Crippen molar-refractivity contribution in [3.8, 4) is 0 Å². The highest BCUT2D eigenvalue weighted by Crippen LogP contribution is 2.56. The van der Waals surface area contributed by atoms with Gasteiger partial charge in [0, 0.05) is 41.7 Å². The molecule has 1 spiro atoms. The van der Waals surface area contributed by atoms with E-state index in [1.165, 1.54) is 12.0 Å². The Labute approximate surface area is 214 Å². The van der Waals surface area contributed by atoms with Crippen molar-refractivity contribution in [1.82, 2.24) is 0 Å². The molecular weight excluding hydrogens is 474 g/mol. The number of ether oxygens (including phenoxy) is 2. The van der Waals surface area contributed by atoms with Gasteiger partial charge in [-0.05, 0) is 50.1 Å². The van der Waals surface area contributed by atoms with Gasteiger partial charge in [0.25, 0.3) is 0 Å². The molecule has 9 nitrogen and oxygen atoms in total. The maximum atomic E-state index is 14.1. The molecule has 2 heterocycles. The molecule has 0 fully saturated rings. The molecule has 1 unspecified atom stereocenters. The normalized spacial score (nSPS) is 20.8. The first-order valence-corrected chi connectivity index (χ1v) is 12.1. The predicted molar refractivity (Wildman–Crippen MR) is 136 cm³/mol. The van der Waals surface area contributed by atoms with Crippen molar-refractivity contribution in [1.29, 1.82) is 0 Å². The molecule has 1 amide bonds. The summed E-state index contributed by atoms with van der Waals surface area (Å²) < 4.78 is 10.2. The van der Waals surface area contributed by atoms with Gasteiger partial charge in [0.05, 0.1) is 19.3 Å². The van der Waals surface area contributed by atoms with Crippen LogP contribution in [0, 0.1) is 0 Å². The van der Waals surface area contributed by atoms with E-state index in [4.69, 9.17) is 15.2 Å². The molecule has 0 bridgehead atoms. The Morgan fingerprint density at radius 3 is 2.41 bits per heavy atom. The van der Waals surface area contributed by atoms with E-state index in [2.05, 4.69) is 0 Å². The topological polar surface area (TPSA) is 119 Å². The number of benzene rings is 2.